The largest absolute Gasteiger partial charge is 0.491 e. The van der Waals surface area contributed by atoms with Gasteiger partial charge in [0.15, 0.2) is 0 Å². The minimum absolute atomic E-state index is 0.237. The quantitative estimate of drug-likeness (QED) is 0.722. The maximum Gasteiger partial charge on any atom is 0.123 e. The summed E-state index contributed by atoms with van der Waals surface area (Å²) in [5, 5.41) is 0. The van der Waals surface area contributed by atoms with E-state index >= 15 is 0 Å². The molecule has 0 spiro atoms. The van der Waals surface area contributed by atoms with Crippen LogP contribution < -0.4 is 4.74 Å². The highest BCUT2D eigenvalue weighted by atomic mass is 16.5. The Labute approximate surface area is 91.8 Å². The van der Waals surface area contributed by atoms with E-state index in [1.807, 2.05) is 12.1 Å². The van der Waals surface area contributed by atoms with Gasteiger partial charge in [-0.15, -0.1) is 0 Å². The summed E-state index contributed by atoms with van der Waals surface area (Å²) in [5.74, 6) is 1.73. The molecule has 1 heteroatoms. The van der Waals surface area contributed by atoms with Crippen molar-refractivity contribution in [2.75, 3.05) is 0 Å². The number of benzene rings is 1. The normalized spacial score (nSPS) is 15.4. The highest BCUT2D eigenvalue weighted by molar-refractivity contribution is 5.43. The molecule has 1 fully saturated rings. The van der Waals surface area contributed by atoms with Crippen LogP contribution in [0, 0.1) is 6.08 Å². The highest BCUT2D eigenvalue weighted by Crippen LogP contribution is 2.44. The Balaban J connectivity index is 2.31. The summed E-state index contributed by atoms with van der Waals surface area (Å²) >= 11 is 0. The Hall–Kier alpha value is -1.24. The van der Waals surface area contributed by atoms with E-state index in [1.54, 1.807) is 0 Å². The molecule has 0 saturated heterocycles. The van der Waals surface area contributed by atoms with Crippen molar-refractivity contribution >= 4 is 0 Å². The van der Waals surface area contributed by atoms with Gasteiger partial charge in [0.25, 0.3) is 0 Å². The Morgan fingerprint density at radius 1 is 1.40 bits per heavy atom. The molecule has 15 heavy (non-hydrogen) atoms. The lowest BCUT2D eigenvalue weighted by molar-refractivity contribution is 0.240. The molecule has 0 heterocycles. The monoisotopic (exact) mass is 201 g/mol. The molecule has 1 aromatic rings. The molecule has 0 aromatic heterocycles. The van der Waals surface area contributed by atoms with Gasteiger partial charge in [0, 0.05) is 0 Å². The topological polar surface area (TPSA) is 9.23 Å². The van der Waals surface area contributed by atoms with Crippen molar-refractivity contribution in [3.05, 3.63) is 42.0 Å². The predicted octanol–water partition coefficient (Wildman–Crippen LogP) is 3.69. The third-order valence-electron chi connectivity index (χ3n) is 2.59. The smallest absolute Gasteiger partial charge is 0.123 e. The minimum atomic E-state index is 0.237. The van der Waals surface area contributed by atoms with Crippen LogP contribution in [-0.4, -0.2) is 6.10 Å². The summed E-state index contributed by atoms with van der Waals surface area (Å²) in [6, 6.07) is 6.21. The van der Waals surface area contributed by atoms with E-state index in [4.69, 9.17) is 4.74 Å². The van der Waals surface area contributed by atoms with E-state index in [9.17, 15) is 0 Å². The van der Waals surface area contributed by atoms with Crippen LogP contribution in [0.3, 0.4) is 0 Å². The van der Waals surface area contributed by atoms with E-state index < -0.39 is 0 Å². The van der Waals surface area contributed by atoms with Crippen molar-refractivity contribution in [1.82, 2.24) is 0 Å². The van der Waals surface area contributed by atoms with Crippen LogP contribution in [0.5, 0.6) is 5.75 Å². The Morgan fingerprint density at radius 3 is 2.67 bits per heavy atom. The molecule has 79 valence electrons. The summed E-state index contributed by atoms with van der Waals surface area (Å²) in [7, 11) is 0. The van der Waals surface area contributed by atoms with Gasteiger partial charge in [-0.25, -0.2) is 0 Å². The molecule has 1 saturated carbocycles. The van der Waals surface area contributed by atoms with Crippen molar-refractivity contribution in [1.29, 1.82) is 0 Å². The standard InChI is InChI=1S/C14H17O/c1-4-11-5-8-14(15-10(2)3)13(9-11)12-6-7-12/h5,8-10,12H,1,6-7H2,2-3H3. The van der Waals surface area contributed by atoms with Crippen molar-refractivity contribution in [2.45, 2.75) is 38.7 Å². The molecule has 0 aliphatic heterocycles. The molecule has 0 atom stereocenters. The van der Waals surface area contributed by atoms with Gasteiger partial charge in [-0.3, -0.25) is 0 Å². The van der Waals surface area contributed by atoms with Gasteiger partial charge in [0.1, 0.15) is 5.75 Å². The third-order valence-corrected chi connectivity index (χ3v) is 2.59. The first-order valence-electron chi connectivity index (χ1n) is 5.54. The fourth-order valence-electron chi connectivity index (χ4n) is 1.73. The van der Waals surface area contributed by atoms with Gasteiger partial charge in [-0.05, 0) is 61.9 Å². The van der Waals surface area contributed by atoms with Gasteiger partial charge >= 0.3 is 0 Å². The lowest BCUT2D eigenvalue weighted by atomic mass is 10.1. The van der Waals surface area contributed by atoms with Crippen LogP contribution in [0.4, 0.5) is 0 Å². The molecule has 1 aliphatic carbocycles. The van der Waals surface area contributed by atoms with Crippen LogP contribution in [0.25, 0.3) is 0 Å². The molecule has 2 rings (SSSR count). The van der Waals surface area contributed by atoms with E-state index in [0.29, 0.717) is 5.92 Å². The molecular weight excluding hydrogens is 184 g/mol. The summed E-state index contributed by atoms with van der Waals surface area (Å²) in [5.41, 5.74) is 2.39. The Kier molecular flexibility index (Phi) is 2.81. The zero-order valence-corrected chi connectivity index (χ0v) is 9.42. The van der Waals surface area contributed by atoms with Crippen molar-refractivity contribution in [3.63, 3.8) is 0 Å². The number of rotatable bonds is 4. The first-order valence-corrected chi connectivity index (χ1v) is 5.54. The van der Waals surface area contributed by atoms with Crippen LogP contribution in [0.2, 0.25) is 0 Å². The van der Waals surface area contributed by atoms with Gasteiger partial charge in [-0.1, -0.05) is 12.6 Å². The molecule has 1 aliphatic rings. The lowest BCUT2D eigenvalue weighted by Crippen LogP contribution is -2.07. The van der Waals surface area contributed by atoms with Crippen molar-refractivity contribution < 1.29 is 4.74 Å². The van der Waals surface area contributed by atoms with Crippen LogP contribution in [0.1, 0.15) is 43.7 Å². The minimum Gasteiger partial charge on any atom is -0.491 e. The van der Waals surface area contributed by atoms with Crippen molar-refractivity contribution in [2.24, 2.45) is 0 Å². The fourth-order valence-corrected chi connectivity index (χ4v) is 1.73. The zero-order chi connectivity index (χ0) is 10.8. The zero-order valence-electron chi connectivity index (χ0n) is 9.42. The molecule has 0 unspecified atom stereocenters. The second-order valence-electron chi connectivity index (χ2n) is 4.37. The number of ether oxygens (including phenoxy) is 1. The van der Waals surface area contributed by atoms with Crippen LogP contribution in [0.15, 0.2) is 24.8 Å². The molecule has 0 amide bonds. The average Bonchev–Trinajstić information content (AvgIpc) is 3.01. The van der Waals surface area contributed by atoms with Gasteiger partial charge in [0.05, 0.1) is 6.10 Å². The molecular formula is C14H17O. The first-order chi connectivity index (χ1) is 7.20. The molecule has 1 radical (unpaired) electrons. The molecule has 0 N–H and O–H groups in total. The Morgan fingerprint density at radius 2 is 2.13 bits per heavy atom. The fraction of sp³-hybridized carbons (Fsp3) is 0.429. The predicted molar refractivity (Wildman–Crippen MR) is 62.2 cm³/mol. The van der Waals surface area contributed by atoms with E-state index in [-0.39, 0.29) is 6.10 Å². The third kappa shape index (κ3) is 2.41. The van der Waals surface area contributed by atoms with Crippen LogP contribution >= 0.6 is 0 Å². The van der Waals surface area contributed by atoms with E-state index in [0.717, 1.165) is 11.3 Å². The van der Waals surface area contributed by atoms with E-state index in [2.05, 4.69) is 32.6 Å². The summed E-state index contributed by atoms with van der Waals surface area (Å²) < 4.78 is 5.80. The number of hydrogen-bond acceptors (Lipinski definition) is 1. The SMILES string of the molecule is C=[C]c1ccc(OC(C)C)c(C2CC2)c1. The first kappa shape index (κ1) is 10.3. The molecule has 1 aromatic carbocycles. The summed E-state index contributed by atoms with van der Waals surface area (Å²) in [6.45, 7) is 7.80. The van der Waals surface area contributed by atoms with Gasteiger partial charge in [-0.2, -0.15) is 0 Å². The molecule has 1 nitrogen and oxygen atoms in total. The molecule has 0 bridgehead atoms. The summed E-state index contributed by atoms with van der Waals surface area (Å²) in [4.78, 5) is 0. The number of hydrogen-bond donors (Lipinski definition) is 0. The van der Waals surface area contributed by atoms with Gasteiger partial charge < -0.3 is 4.74 Å². The second-order valence-corrected chi connectivity index (χ2v) is 4.37. The van der Waals surface area contributed by atoms with Gasteiger partial charge in [0.2, 0.25) is 0 Å². The van der Waals surface area contributed by atoms with E-state index in [1.165, 1.54) is 18.4 Å². The average molecular weight is 201 g/mol. The van der Waals surface area contributed by atoms with Crippen LogP contribution in [-0.2, 0) is 0 Å². The maximum atomic E-state index is 5.80. The summed E-state index contributed by atoms with van der Waals surface area (Å²) in [6.07, 6.45) is 5.74. The highest BCUT2D eigenvalue weighted by Gasteiger charge is 2.27. The van der Waals surface area contributed by atoms with Crippen molar-refractivity contribution in [3.8, 4) is 5.75 Å². The Bertz CT molecular complexity index is 362. The lowest BCUT2D eigenvalue weighted by Gasteiger charge is -2.14. The maximum absolute atomic E-state index is 5.80. The second kappa shape index (κ2) is 4.09.